The average molecular weight is 338 g/mol. The Bertz CT molecular complexity index is 813. The highest BCUT2D eigenvalue weighted by Gasteiger charge is 2.35. The third-order valence-electron chi connectivity index (χ3n) is 5.11. The van der Waals surface area contributed by atoms with E-state index in [0.29, 0.717) is 6.54 Å². The van der Waals surface area contributed by atoms with Crippen LogP contribution in [0.2, 0.25) is 0 Å². The quantitative estimate of drug-likeness (QED) is 0.915. The maximum atomic E-state index is 13.2. The van der Waals surface area contributed by atoms with Gasteiger partial charge in [-0.05, 0) is 37.0 Å². The minimum absolute atomic E-state index is 0.0517. The Balaban J connectivity index is 1.55. The predicted octanol–water partition coefficient (Wildman–Crippen LogP) is 2.48. The lowest BCUT2D eigenvalue weighted by molar-refractivity contribution is -0.136. The molecule has 4 rings (SSSR count). The van der Waals surface area contributed by atoms with Crippen molar-refractivity contribution in [3.8, 4) is 0 Å². The molecule has 6 heteroatoms. The van der Waals surface area contributed by atoms with E-state index < -0.39 is 0 Å². The van der Waals surface area contributed by atoms with Crippen LogP contribution in [0.4, 0.5) is 5.69 Å². The number of aromatic nitrogens is 2. The second kappa shape index (κ2) is 6.35. The number of para-hydroxylation sites is 1. The molecule has 2 atom stereocenters. The molecule has 0 bridgehead atoms. The van der Waals surface area contributed by atoms with E-state index in [0.717, 1.165) is 36.2 Å². The van der Waals surface area contributed by atoms with E-state index in [-0.39, 0.29) is 30.2 Å². The van der Waals surface area contributed by atoms with Crippen molar-refractivity contribution in [1.29, 1.82) is 0 Å². The molecule has 0 unspecified atom stereocenters. The summed E-state index contributed by atoms with van der Waals surface area (Å²) in [4.78, 5) is 27.1. The summed E-state index contributed by atoms with van der Waals surface area (Å²) in [5.41, 5.74) is 2.80. The minimum Gasteiger partial charge on any atom is -0.340 e. The van der Waals surface area contributed by atoms with Crippen molar-refractivity contribution in [3.63, 3.8) is 0 Å². The van der Waals surface area contributed by atoms with Crippen LogP contribution >= 0.6 is 0 Å². The number of carbonyl (C=O) groups excluding carboxylic acids is 2. The van der Waals surface area contributed by atoms with Crippen LogP contribution in [0.3, 0.4) is 0 Å². The summed E-state index contributed by atoms with van der Waals surface area (Å²) in [6.45, 7) is 3.42. The van der Waals surface area contributed by atoms with Crippen LogP contribution < -0.4 is 5.32 Å². The van der Waals surface area contributed by atoms with Gasteiger partial charge in [-0.25, -0.2) is 0 Å². The zero-order valence-corrected chi connectivity index (χ0v) is 14.3. The van der Waals surface area contributed by atoms with E-state index in [2.05, 4.69) is 10.4 Å². The molecule has 3 heterocycles. The van der Waals surface area contributed by atoms with Gasteiger partial charge in [0.25, 0.3) is 0 Å². The Morgan fingerprint density at radius 1 is 1.32 bits per heavy atom. The Morgan fingerprint density at radius 2 is 2.16 bits per heavy atom. The third kappa shape index (κ3) is 3.04. The number of benzene rings is 1. The number of rotatable bonds is 2. The van der Waals surface area contributed by atoms with Gasteiger partial charge in [0.1, 0.15) is 0 Å². The summed E-state index contributed by atoms with van der Waals surface area (Å²) in [7, 11) is 0. The Kier molecular flexibility index (Phi) is 4.03. The number of nitrogens with zero attached hydrogens (tertiary/aromatic N) is 3. The SMILES string of the molecule is Cc1cnn([C@@H]2CCCN(C(=O)[C@H]3CC(=O)Nc4ccccc43)C2)c1. The summed E-state index contributed by atoms with van der Waals surface area (Å²) in [6.07, 6.45) is 6.07. The molecule has 0 spiro atoms. The van der Waals surface area contributed by atoms with Gasteiger partial charge in [-0.2, -0.15) is 5.10 Å². The zero-order chi connectivity index (χ0) is 17.4. The molecule has 2 aliphatic rings. The normalized spacial score (nSPS) is 23.1. The molecular weight excluding hydrogens is 316 g/mol. The molecule has 25 heavy (non-hydrogen) atoms. The summed E-state index contributed by atoms with van der Waals surface area (Å²) in [5, 5.41) is 7.27. The topological polar surface area (TPSA) is 67.2 Å². The molecule has 0 radical (unpaired) electrons. The number of fused-ring (bicyclic) bond motifs is 1. The van der Waals surface area contributed by atoms with Gasteiger partial charge in [0.2, 0.25) is 11.8 Å². The number of aryl methyl sites for hydroxylation is 1. The van der Waals surface area contributed by atoms with E-state index in [4.69, 9.17) is 0 Å². The maximum Gasteiger partial charge on any atom is 0.230 e. The number of piperidine rings is 1. The minimum atomic E-state index is -0.386. The van der Waals surface area contributed by atoms with Gasteiger partial charge in [-0.15, -0.1) is 0 Å². The van der Waals surface area contributed by atoms with E-state index in [9.17, 15) is 9.59 Å². The summed E-state index contributed by atoms with van der Waals surface area (Å²) >= 11 is 0. The zero-order valence-electron chi connectivity index (χ0n) is 14.3. The van der Waals surface area contributed by atoms with Crippen molar-refractivity contribution in [2.45, 2.75) is 38.1 Å². The fourth-order valence-corrected chi connectivity index (χ4v) is 3.86. The predicted molar refractivity (Wildman–Crippen MR) is 94.2 cm³/mol. The Morgan fingerprint density at radius 3 is 2.96 bits per heavy atom. The summed E-state index contributed by atoms with van der Waals surface area (Å²) in [5.74, 6) is -0.424. The highest BCUT2D eigenvalue weighted by atomic mass is 16.2. The van der Waals surface area contributed by atoms with Gasteiger partial charge < -0.3 is 10.2 Å². The van der Waals surface area contributed by atoms with E-state index >= 15 is 0 Å². The van der Waals surface area contributed by atoms with Crippen molar-refractivity contribution < 1.29 is 9.59 Å². The molecule has 2 aromatic rings. The fraction of sp³-hybridized carbons (Fsp3) is 0.421. The molecule has 1 saturated heterocycles. The number of anilines is 1. The number of likely N-dealkylation sites (tertiary alicyclic amines) is 1. The first-order valence-electron chi connectivity index (χ1n) is 8.80. The van der Waals surface area contributed by atoms with Crippen LogP contribution in [0.1, 0.15) is 42.3 Å². The molecule has 1 aromatic heterocycles. The van der Waals surface area contributed by atoms with Gasteiger partial charge in [-0.1, -0.05) is 18.2 Å². The van der Waals surface area contributed by atoms with E-state index in [1.807, 2.05) is 53.2 Å². The van der Waals surface area contributed by atoms with Crippen LogP contribution in [-0.4, -0.2) is 39.6 Å². The molecule has 2 amide bonds. The molecule has 1 aromatic carbocycles. The van der Waals surface area contributed by atoms with Crippen molar-refractivity contribution in [3.05, 3.63) is 47.8 Å². The van der Waals surface area contributed by atoms with Gasteiger partial charge in [0.15, 0.2) is 0 Å². The van der Waals surface area contributed by atoms with Crippen LogP contribution in [0.15, 0.2) is 36.7 Å². The summed E-state index contributed by atoms with van der Waals surface area (Å²) < 4.78 is 1.97. The van der Waals surface area contributed by atoms with Gasteiger partial charge in [0.05, 0.1) is 18.2 Å². The highest BCUT2D eigenvalue weighted by molar-refractivity contribution is 6.01. The highest BCUT2D eigenvalue weighted by Crippen LogP contribution is 2.34. The van der Waals surface area contributed by atoms with Crippen LogP contribution in [0, 0.1) is 6.92 Å². The lowest BCUT2D eigenvalue weighted by Gasteiger charge is -2.36. The van der Waals surface area contributed by atoms with Crippen molar-refractivity contribution in [2.75, 3.05) is 18.4 Å². The monoisotopic (exact) mass is 338 g/mol. The average Bonchev–Trinajstić information content (AvgIpc) is 3.07. The van der Waals surface area contributed by atoms with Crippen LogP contribution in [-0.2, 0) is 9.59 Å². The van der Waals surface area contributed by atoms with Gasteiger partial charge >= 0.3 is 0 Å². The standard InChI is InChI=1S/C19H22N4O2/c1-13-10-20-23(11-13)14-5-4-8-22(12-14)19(25)16-9-18(24)21-17-7-3-2-6-15(16)17/h2-3,6-7,10-11,14,16H,4-5,8-9,12H2,1H3,(H,21,24)/t14-,16+/m1/s1. The molecule has 0 aliphatic carbocycles. The maximum absolute atomic E-state index is 13.2. The Labute approximate surface area is 146 Å². The molecular formula is C19H22N4O2. The molecule has 0 saturated carbocycles. The molecule has 6 nitrogen and oxygen atoms in total. The lowest BCUT2D eigenvalue weighted by Crippen LogP contribution is -2.44. The van der Waals surface area contributed by atoms with Gasteiger partial charge in [0, 0.05) is 31.4 Å². The first kappa shape index (κ1) is 15.9. The number of amides is 2. The van der Waals surface area contributed by atoms with Gasteiger partial charge in [-0.3, -0.25) is 14.3 Å². The number of carbonyl (C=O) groups is 2. The first-order valence-corrected chi connectivity index (χ1v) is 8.80. The lowest BCUT2D eigenvalue weighted by atomic mass is 9.88. The second-order valence-electron chi connectivity index (χ2n) is 6.97. The molecule has 130 valence electrons. The molecule has 2 aliphatic heterocycles. The number of nitrogens with one attached hydrogen (secondary N) is 1. The second-order valence-corrected chi connectivity index (χ2v) is 6.97. The van der Waals surface area contributed by atoms with Crippen molar-refractivity contribution >= 4 is 17.5 Å². The van der Waals surface area contributed by atoms with Crippen molar-refractivity contribution in [1.82, 2.24) is 14.7 Å². The van der Waals surface area contributed by atoms with E-state index in [1.165, 1.54) is 0 Å². The first-order chi connectivity index (χ1) is 12.1. The fourth-order valence-electron chi connectivity index (χ4n) is 3.86. The Hall–Kier alpha value is -2.63. The smallest absolute Gasteiger partial charge is 0.230 e. The largest absolute Gasteiger partial charge is 0.340 e. The molecule has 1 N–H and O–H groups in total. The van der Waals surface area contributed by atoms with Crippen molar-refractivity contribution in [2.24, 2.45) is 0 Å². The van der Waals surface area contributed by atoms with Crippen LogP contribution in [0.25, 0.3) is 0 Å². The third-order valence-corrected chi connectivity index (χ3v) is 5.11. The van der Waals surface area contributed by atoms with Crippen LogP contribution in [0.5, 0.6) is 0 Å². The number of hydrogen-bond donors (Lipinski definition) is 1. The number of hydrogen-bond acceptors (Lipinski definition) is 3. The van der Waals surface area contributed by atoms with E-state index in [1.54, 1.807) is 0 Å². The summed E-state index contributed by atoms with van der Waals surface area (Å²) in [6, 6.07) is 7.80. The molecule has 1 fully saturated rings.